The Bertz CT molecular complexity index is 1080. The van der Waals surface area contributed by atoms with Crippen LogP contribution >= 0.6 is 0 Å². The standard InChI is InChI=1S/C25H26N2O4/c1-17-14-21(31-13-5-12-26)10-11-22(17)18-7-4-8-20(15-18)25(30)27-23-9-3-2-6-19(23)16-24(28)29/h2-4,6-11,14-15H,5,12-13,16,26H2,1H3,(H,27,30)(H,28,29). The molecule has 1 amide bonds. The predicted octanol–water partition coefficient (Wildman–Crippen LogP) is 4.27. The summed E-state index contributed by atoms with van der Waals surface area (Å²) in [4.78, 5) is 23.9. The van der Waals surface area contributed by atoms with E-state index in [1.54, 1.807) is 30.3 Å². The number of carbonyl (C=O) groups is 2. The molecular weight excluding hydrogens is 392 g/mol. The number of carboxylic acid groups (broad SMARTS) is 1. The Hall–Kier alpha value is -3.64. The first kappa shape index (κ1) is 22.1. The van der Waals surface area contributed by atoms with E-state index in [1.165, 1.54) is 0 Å². The molecule has 4 N–H and O–H groups in total. The number of para-hydroxylation sites is 1. The van der Waals surface area contributed by atoms with Crippen molar-refractivity contribution in [3.05, 3.63) is 83.4 Å². The second kappa shape index (κ2) is 10.4. The number of rotatable bonds is 9. The molecule has 0 unspecified atom stereocenters. The molecule has 0 aromatic heterocycles. The third-order valence-corrected chi connectivity index (χ3v) is 4.86. The number of nitrogens with one attached hydrogen (secondary N) is 1. The van der Waals surface area contributed by atoms with Crippen LogP contribution in [0.15, 0.2) is 66.7 Å². The number of aliphatic carboxylic acids is 1. The van der Waals surface area contributed by atoms with Gasteiger partial charge in [-0.15, -0.1) is 0 Å². The van der Waals surface area contributed by atoms with Crippen LogP contribution in [-0.2, 0) is 11.2 Å². The van der Waals surface area contributed by atoms with Crippen molar-refractivity contribution in [3.8, 4) is 16.9 Å². The van der Waals surface area contributed by atoms with E-state index in [0.29, 0.717) is 30.0 Å². The molecule has 0 saturated heterocycles. The predicted molar refractivity (Wildman–Crippen MR) is 122 cm³/mol. The van der Waals surface area contributed by atoms with Gasteiger partial charge in [-0.2, -0.15) is 0 Å². The van der Waals surface area contributed by atoms with Crippen LogP contribution in [0.3, 0.4) is 0 Å². The highest BCUT2D eigenvalue weighted by molar-refractivity contribution is 6.05. The van der Waals surface area contributed by atoms with Gasteiger partial charge in [0.1, 0.15) is 5.75 Å². The number of hydrogen-bond acceptors (Lipinski definition) is 4. The lowest BCUT2D eigenvalue weighted by Gasteiger charge is -2.12. The molecule has 6 nitrogen and oxygen atoms in total. The molecule has 0 aliphatic carbocycles. The van der Waals surface area contributed by atoms with Gasteiger partial charge in [0, 0.05) is 11.3 Å². The Morgan fingerprint density at radius 1 is 1.03 bits per heavy atom. The van der Waals surface area contributed by atoms with Crippen LogP contribution in [-0.4, -0.2) is 30.1 Å². The molecule has 31 heavy (non-hydrogen) atoms. The molecule has 3 rings (SSSR count). The number of benzene rings is 3. The molecular formula is C25H26N2O4. The third kappa shape index (κ3) is 5.93. The van der Waals surface area contributed by atoms with Gasteiger partial charge in [-0.1, -0.05) is 36.4 Å². The fraction of sp³-hybridized carbons (Fsp3) is 0.200. The van der Waals surface area contributed by atoms with Crippen molar-refractivity contribution in [2.24, 2.45) is 5.73 Å². The van der Waals surface area contributed by atoms with E-state index in [-0.39, 0.29) is 12.3 Å². The summed E-state index contributed by atoms with van der Waals surface area (Å²) in [6, 6.07) is 20.1. The Balaban J connectivity index is 1.79. The van der Waals surface area contributed by atoms with Crippen molar-refractivity contribution < 1.29 is 19.4 Å². The smallest absolute Gasteiger partial charge is 0.307 e. The maximum absolute atomic E-state index is 12.8. The van der Waals surface area contributed by atoms with Crippen molar-refractivity contribution in [2.75, 3.05) is 18.5 Å². The molecule has 0 bridgehead atoms. The number of ether oxygens (including phenoxy) is 1. The van der Waals surface area contributed by atoms with E-state index in [1.807, 2.05) is 43.3 Å². The van der Waals surface area contributed by atoms with Crippen molar-refractivity contribution in [3.63, 3.8) is 0 Å². The first-order chi connectivity index (χ1) is 15.0. The third-order valence-electron chi connectivity index (χ3n) is 4.86. The lowest BCUT2D eigenvalue weighted by Crippen LogP contribution is -2.14. The minimum atomic E-state index is -0.949. The highest BCUT2D eigenvalue weighted by Gasteiger charge is 2.12. The molecule has 0 heterocycles. The van der Waals surface area contributed by atoms with Gasteiger partial charge in [-0.05, 0) is 72.5 Å². The molecule has 0 radical (unpaired) electrons. The van der Waals surface area contributed by atoms with Crippen molar-refractivity contribution in [2.45, 2.75) is 19.8 Å². The molecule has 0 fully saturated rings. The number of carbonyl (C=O) groups excluding carboxylic acids is 1. The molecule has 0 aliphatic heterocycles. The summed E-state index contributed by atoms with van der Waals surface area (Å²) in [5.74, 6) is -0.452. The largest absolute Gasteiger partial charge is 0.494 e. The summed E-state index contributed by atoms with van der Waals surface area (Å²) in [5.41, 5.74) is 10.0. The Labute approximate surface area is 181 Å². The number of amides is 1. The van der Waals surface area contributed by atoms with Gasteiger partial charge in [0.15, 0.2) is 0 Å². The van der Waals surface area contributed by atoms with Gasteiger partial charge in [0.25, 0.3) is 5.91 Å². The molecule has 0 aliphatic rings. The topological polar surface area (TPSA) is 102 Å². The number of anilines is 1. The van der Waals surface area contributed by atoms with Gasteiger partial charge < -0.3 is 20.9 Å². The van der Waals surface area contributed by atoms with Crippen LogP contribution in [0.5, 0.6) is 5.75 Å². The molecule has 0 saturated carbocycles. The SMILES string of the molecule is Cc1cc(OCCCN)ccc1-c1cccc(C(=O)Nc2ccccc2CC(=O)O)c1. The van der Waals surface area contributed by atoms with Crippen LogP contribution in [0.2, 0.25) is 0 Å². The fourth-order valence-corrected chi connectivity index (χ4v) is 3.30. The second-order valence-electron chi connectivity index (χ2n) is 7.23. The van der Waals surface area contributed by atoms with Gasteiger partial charge in [0.2, 0.25) is 0 Å². The second-order valence-corrected chi connectivity index (χ2v) is 7.23. The fourth-order valence-electron chi connectivity index (χ4n) is 3.30. The van der Waals surface area contributed by atoms with Gasteiger partial charge >= 0.3 is 5.97 Å². The first-order valence-corrected chi connectivity index (χ1v) is 10.1. The highest BCUT2D eigenvalue weighted by Crippen LogP contribution is 2.28. The summed E-state index contributed by atoms with van der Waals surface area (Å²) >= 11 is 0. The average molecular weight is 418 g/mol. The zero-order chi connectivity index (χ0) is 22.2. The summed E-state index contributed by atoms with van der Waals surface area (Å²) in [6.07, 6.45) is 0.642. The normalized spacial score (nSPS) is 10.5. The van der Waals surface area contributed by atoms with E-state index >= 15 is 0 Å². The Kier molecular flexibility index (Phi) is 7.40. The van der Waals surface area contributed by atoms with Crippen LogP contribution in [0, 0.1) is 6.92 Å². The monoisotopic (exact) mass is 418 g/mol. The van der Waals surface area contributed by atoms with E-state index in [2.05, 4.69) is 5.32 Å². The van der Waals surface area contributed by atoms with E-state index < -0.39 is 5.97 Å². The van der Waals surface area contributed by atoms with Gasteiger partial charge in [-0.3, -0.25) is 9.59 Å². The number of hydrogen-bond donors (Lipinski definition) is 3. The van der Waals surface area contributed by atoms with Gasteiger partial charge in [-0.25, -0.2) is 0 Å². The molecule has 160 valence electrons. The Morgan fingerprint density at radius 3 is 2.58 bits per heavy atom. The zero-order valence-corrected chi connectivity index (χ0v) is 17.4. The lowest BCUT2D eigenvalue weighted by molar-refractivity contribution is -0.136. The first-order valence-electron chi connectivity index (χ1n) is 10.1. The van der Waals surface area contributed by atoms with Crippen molar-refractivity contribution >= 4 is 17.6 Å². The molecule has 6 heteroatoms. The number of nitrogens with two attached hydrogens (primary N) is 1. The maximum atomic E-state index is 12.8. The minimum Gasteiger partial charge on any atom is -0.494 e. The molecule has 3 aromatic carbocycles. The summed E-state index contributed by atoms with van der Waals surface area (Å²) in [7, 11) is 0. The quantitative estimate of drug-likeness (QED) is 0.451. The molecule has 0 spiro atoms. The average Bonchev–Trinajstić information content (AvgIpc) is 2.75. The summed E-state index contributed by atoms with van der Waals surface area (Å²) in [5, 5.41) is 11.9. The van der Waals surface area contributed by atoms with E-state index in [0.717, 1.165) is 28.9 Å². The van der Waals surface area contributed by atoms with Crippen LogP contribution < -0.4 is 15.8 Å². The highest BCUT2D eigenvalue weighted by atomic mass is 16.5. The van der Waals surface area contributed by atoms with Crippen LogP contribution in [0.1, 0.15) is 27.9 Å². The molecule has 0 atom stereocenters. The lowest BCUT2D eigenvalue weighted by atomic mass is 9.98. The van der Waals surface area contributed by atoms with Crippen LogP contribution in [0.4, 0.5) is 5.69 Å². The Morgan fingerprint density at radius 2 is 1.84 bits per heavy atom. The summed E-state index contributed by atoms with van der Waals surface area (Å²) in [6.45, 7) is 3.17. The van der Waals surface area contributed by atoms with E-state index in [9.17, 15) is 9.59 Å². The number of aryl methyl sites for hydroxylation is 1. The number of carboxylic acids is 1. The van der Waals surface area contributed by atoms with Crippen molar-refractivity contribution in [1.82, 2.24) is 0 Å². The van der Waals surface area contributed by atoms with E-state index in [4.69, 9.17) is 15.6 Å². The zero-order valence-electron chi connectivity index (χ0n) is 17.4. The van der Waals surface area contributed by atoms with Gasteiger partial charge in [0.05, 0.1) is 13.0 Å². The summed E-state index contributed by atoms with van der Waals surface area (Å²) < 4.78 is 5.70. The molecule has 3 aromatic rings. The minimum absolute atomic E-state index is 0.157. The van der Waals surface area contributed by atoms with Crippen LogP contribution in [0.25, 0.3) is 11.1 Å². The maximum Gasteiger partial charge on any atom is 0.307 e. The van der Waals surface area contributed by atoms with Crippen molar-refractivity contribution in [1.29, 1.82) is 0 Å².